The zero-order chi connectivity index (χ0) is 14.6. The summed E-state index contributed by atoms with van der Waals surface area (Å²) in [5.41, 5.74) is 1.22. The van der Waals surface area contributed by atoms with Crippen molar-refractivity contribution >= 4 is 23.3 Å². The van der Waals surface area contributed by atoms with Gasteiger partial charge in [-0.2, -0.15) is 0 Å². The first-order valence-electron chi connectivity index (χ1n) is 6.14. The molecule has 0 bridgehead atoms. The second-order valence-electron chi connectivity index (χ2n) is 4.69. The molecular weight excluding hydrogens is 264 g/mol. The zero-order valence-electron chi connectivity index (χ0n) is 11.6. The maximum absolute atomic E-state index is 11.6. The maximum Gasteiger partial charge on any atom is 0.315 e. The molecule has 106 valence electrons. The third kappa shape index (κ3) is 4.55. The van der Waals surface area contributed by atoms with Crippen LogP contribution in [0.15, 0.2) is 6.07 Å². The molecule has 2 atom stereocenters. The number of thiophene rings is 1. The van der Waals surface area contributed by atoms with Crippen molar-refractivity contribution in [3.05, 3.63) is 21.4 Å². The standard InChI is InChI=1S/C13H20N2O3S/c1-7-5-11(19-10(7)4)6-14-13(18)15-9(3)8(2)12(16)17/h5,8-9H,6H2,1-4H3,(H,16,17)(H2,14,15,18). The molecule has 0 aromatic carbocycles. The fraction of sp³-hybridized carbons (Fsp3) is 0.538. The fourth-order valence-electron chi connectivity index (χ4n) is 1.50. The van der Waals surface area contributed by atoms with Crippen LogP contribution >= 0.6 is 11.3 Å². The summed E-state index contributed by atoms with van der Waals surface area (Å²) in [4.78, 5) is 24.7. The van der Waals surface area contributed by atoms with Crippen LogP contribution in [-0.4, -0.2) is 23.1 Å². The molecule has 0 spiro atoms. The molecule has 0 aliphatic heterocycles. The Morgan fingerprint density at radius 3 is 2.47 bits per heavy atom. The van der Waals surface area contributed by atoms with E-state index in [1.165, 1.54) is 10.4 Å². The molecule has 1 rings (SSSR count). The number of rotatable bonds is 5. The van der Waals surface area contributed by atoms with Crippen LogP contribution in [0.2, 0.25) is 0 Å². The highest BCUT2D eigenvalue weighted by atomic mass is 32.1. The Morgan fingerprint density at radius 1 is 1.37 bits per heavy atom. The lowest BCUT2D eigenvalue weighted by Gasteiger charge is -2.17. The van der Waals surface area contributed by atoms with E-state index in [-0.39, 0.29) is 6.03 Å². The summed E-state index contributed by atoms with van der Waals surface area (Å²) < 4.78 is 0. The van der Waals surface area contributed by atoms with Gasteiger partial charge in [0.2, 0.25) is 0 Å². The van der Waals surface area contributed by atoms with Crippen molar-refractivity contribution in [3.63, 3.8) is 0 Å². The van der Waals surface area contributed by atoms with Crippen molar-refractivity contribution < 1.29 is 14.7 Å². The van der Waals surface area contributed by atoms with Crippen LogP contribution < -0.4 is 10.6 Å². The summed E-state index contributed by atoms with van der Waals surface area (Å²) in [5, 5.41) is 14.2. The minimum Gasteiger partial charge on any atom is -0.481 e. The average molecular weight is 284 g/mol. The monoisotopic (exact) mass is 284 g/mol. The van der Waals surface area contributed by atoms with Gasteiger partial charge in [-0.15, -0.1) is 11.3 Å². The number of carbonyl (C=O) groups is 2. The first kappa shape index (κ1) is 15.5. The Bertz CT molecular complexity index is 451. The van der Waals surface area contributed by atoms with Gasteiger partial charge in [0.15, 0.2) is 0 Å². The summed E-state index contributed by atoms with van der Waals surface area (Å²) >= 11 is 1.65. The number of nitrogens with one attached hydrogen (secondary N) is 2. The van der Waals surface area contributed by atoms with Crippen molar-refractivity contribution in [2.24, 2.45) is 5.92 Å². The van der Waals surface area contributed by atoms with E-state index in [1.807, 2.05) is 19.9 Å². The van der Waals surface area contributed by atoms with Gasteiger partial charge in [0.25, 0.3) is 0 Å². The van der Waals surface area contributed by atoms with Gasteiger partial charge >= 0.3 is 12.0 Å². The van der Waals surface area contributed by atoms with Crippen molar-refractivity contribution in [2.75, 3.05) is 0 Å². The number of aliphatic carboxylic acids is 1. The van der Waals surface area contributed by atoms with Crippen LogP contribution in [0.4, 0.5) is 4.79 Å². The average Bonchev–Trinajstić information content (AvgIpc) is 2.65. The van der Waals surface area contributed by atoms with Gasteiger partial charge in [0.1, 0.15) is 0 Å². The second kappa shape index (κ2) is 6.56. The Labute approximate surface area is 117 Å². The summed E-state index contributed by atoms with van der Waals surface area (Å²) in [5.74, 6) is -1.53. The number of carboxylic acid groups (broad SMARTS) is 1. The summed E-state index contributed by atoms with van der Waals surface area (Å²) in [6.07, 6.45) is 0. The number of amides is 2. The molecule has 0 aliphatic carbocycles. The van der Waals surface area contributed by atoms with E-state index in [2.05, 4.69) is 10.6 Å². The molecule has 2 amide bonds. The Morgan fingerprint density at radius 2 is 2.00 bits per heavy atom. The molecular formula is C13H20N2O3S. The molecule has 0 saturated heterocycles. The minimum atomic E-state index is -0.919. The van der Waals surface area contributed by atoms with Crippen LogP contribution in [0.5, 0.6) is 0 Å². The topological polar surface area (TPSA) is 78.4 Å². The van der Waals surface area contributed by atoms with Gasteiger partial charge in [-0.05, 0) is 39.3 Å². The number of aryl methyl sites for hydroxylation is 2. The van der Waals surface area contributed by atoms with Gasteiger partial charge < -0.3 is 15.7 Å². The van der Waals surface area contributed by atoms with Crippen LogP contribution in [0, 0.1) is 19.8 Å². The molecule has 0 radical (unpaired) electrons. The summed E-state index contributed by atoms with van der Waals surface area (Å²) in [7, 11) is 0. The third-order valence-electron chi connectivity index (χ3n) is 3.14. The Balaban J connectivity index is 2.41. The van der Waals surface area contributed by atoms with Gasteiger partial charge in [-0.1, -0.05) is 0 Å². The molecule has 6 heteroatoms. The van der Waals surface area contributed by atoms with E-state index in [4.69, 9.17) is 5.11 Å². The van der Waals surface area contributed by atoms with Gasteiger partial charge in [0, 0.05) is 15.8 Å². The van der Waals surface area contributed by atoms with E-state index in [0.29, 0.717) is 6.54 Å². The molecule has 5 nitrogen and oxygen atoms in total. The van der Waals surface area contributed by atoms with Crippen molar-refractivity contribution in [1.82, 2.24) is 10.6 Å². The van der Waals surface area contributed by atoms with E-state index >= 15 is 0 Å². The van der Waals surface area contributed by atoms with E-state index in [1.54, 1.807) is 25.2 Å². The molecule has 1 heterocycles. The SMILES string of the molecule is Cc1cc(CNC(=O)NC(C)C(C)C(=O)O)sc1C. The van der Waals surface area contributed by atoms with Gasteiger partial charge in [0.05, 0.1) is 12.5 Å². The molecule has 19 heavy (non-hydrogen) atoms. The van der Waals surface area contributed by atoms with Gasteiger partial charge in [-0.3, -0.25) is 4.79 Å². The van der Waals surface area contributed by atoms with Gasteiger partial charge in [-0.25, -0.2) is 4.79 Å². The lowest BCUT2D eigenvalue weighted by Crippen LogP contribution is -2.44. The largest absolute Gasteiger partial charge is 0.481 e. The molecule has 1 aromatic rings. The highest BCUT2D eigenvalue weighted by Crippen LogP contribution is 2.20. The lowest BCUT2D eigenvalue weighted by atomic mass is 10.0. The van der Waals surface area contributed by atoms with Crippen molar-refractivity contribution in [3.8, 4) is 0 Å². The molecule has 3 N–H and O–H groups in total. The van der Waals surface area contributed by atoms with E-state index in [9.17, 15) is 9.59 Å². The third-order valence-corrected chi connectivity index (χ3v) is 4.29. The molecule has 1 aromatic heterocycles. The number of urea groups is 1. The summed E-state index contributed by atoms with van der Waals surface area (Å²) in [6.45, 7) is 7.78. The van der Waals surface area contributed by atoms with E-state index in [0.717, 1.165) is 4.88 Å². The molecule has 2 unspecified atom stereocenters. The van der Waals surface area contributed by atoms with E-state index < -0.39 is 17.9 Å². The zero-order valence-corrected chi connectivity index (χ0v) is 12.4. The second-order valence-corrected chi connectivity index (χ2v) is 6.04. The van der Waals surface area contributed by atoms with Crippen molar-refractivity contribution in [1.29, 1.82) is 0 Å². The maximum atomic E-state index is 11.6. The number of hydrogen-bond donors (Lipinski definition) is 3. The number of carbonyl (C=O) groups excluding carboxylic acids is 1. The number of hydrogen-bond acceptors (Lipinski definition) is 3. The highest BCUT2D eigenvalue weighted by Gasteiger charge is 2.20. The summed E-state index contributed by atoms with van der Waals surface area (Å²) in [6, 6.07) is 1.29. The van der Waals surface area contributed by atoms with Crippen LogP contribution in [-0.2, 0) is 11.3 Å². The number of carboxylic acids is 1. The van der Waals surface area contributed by atoms with Crippen LogP contribution in [0.3, 0.4) is 0 Å². The normalized spacial score (nSPS) is 13.7. The minimum absolute atomic E-state index is 0.343. The first-order chi connectivity index (χ1) is 8.81. The Kier molecular flexibility index (Phi) is 5.35. The fourth-order valence-corrected chi connectivity index (χ4v) is 2.49. The van der Waals surface area contributed by atoms with Crippen molar-refractivity contribution in [2.45, 2.75) is 40.3 Å². The predicted molar refractivity (Wildman–Crippen MR) is 75.4 cm³/mol. The molecule has 0 saturated carbocycles. The Hall–Kier alpha value is -1.56. The molecule has 0 aliphatic rings. The quantitative estimate of drug-likeness (QED) is 0.776. The lowest BCUT2D eigenvalue weighted by molar-refractivity contribution is -0.141. The molecule has 0 fully saturated rings. The smallest absolute Gasteiger partial charge is 0.315 e. The highest BCUT2D eigenvalue weighted by molar-refractivity contribution is 7.12. The van der Waals surface area contributed by atoms with Crippen LogP contribution in [0.25, 0.3) is 0 Å². The first-order valence-corrected chi connectivity index (χ1v) is 6.96. The predicted octanol–water partition coefficient (Wildman–Crippen LogP) is 2.27. The van der Waals surface area contributed by atoms with Crippen LogP contribution in [0.1, 0.15) is 29.2 Å².